The van der Waals surface area contributed by atoms with Crippen LogP contribution in [0.2, 0.25) is 0 Å². The van der Waals surface area contributed by atoms with Crippen molar-refractivity contribution in [2.45, 2.75) is 39.2 Å². The monoisotopic (exact) mass is 246 g/mol. The molecular formula is C12H20BF3N-. The van der Waals surface area contributed by atoms with Crippen molar-refractivity contribution in [1.82, 2.24) is 4.90 Å². The van der Waals surface area contributed by atoms with Crippen LogP contribution in [0.3, 0.4) is 0 Å². The van der Waals surface area contributed by atoms with Crippen molar-refractivity contribution >= 4 is 6.98 Å². The molecule has 2 rings (SSSR count). The zero-order chi connectivity index (χ0) is 12.8. The van der Waals surface area contributed by atoms with Crippen LogP contribution in [0.15, 0.2) is 12.1 Å². The molecule has 1 saturated heterocycles. The summed E-state index contributed by atoms with van der Waals surface area (Å²) in [6, 6.07) is 0.347. The lowest BCUT2D eigenvalue weighted by Crippen LogP contribution is -2.36. The molecule has 1 saturated carbocycles. The molecule has 2 aliphatic rings. The van der Waals surface area contributed by atoms with E-state index in [0.717, 1.165) is 25.8 Å². The molecule has 0 amide bonds. The van der Waals surface area contributed by atoms with Crippen molar-refractivity contribution in [3.8, 4) is 0 Å². The summed E-state index contributed by atoms with van der Waals surface area (Å²) < 4.78 is 37.7. The summed E-state index contributed by atoms with van der Waals surface area (Å²) in [7, 11) is 0. The first-order chi connectivity index (χ1) is 7.72. The maximum absolute atomic E-state index is 12.6. The van der Waals surface area contributed by atoms with Crippen LogP contribution in [0.4, 0.5) is 12.9 Å². The van der Waals surface area contributed by atoms with Crippen LogP contribution in [0, 0.1) is 11.3 Å². The van der Waals surface area contributed by atoms with Crippen LogP contribution < -0.4 is 0 Å². The van der Waals surface area contributed by atoms with E-state index in [4.69, 9.17) is 0 Å². The molecule has 0 aromatic rings. The Bertz CT molecular complexity index is 324. The second-order valence-electron chi connectivity index (χ2n) is 6.23. The van der Waals surface area contributed by atoms with Gasteiger partial charge in [-0.15, -0.1) is 12.1 Å². The summed E-state index contributed by atoms with van der Waals surface area (Å²) in [6.45, 7) is 3.47. The Balaban J connectivity index is 2.06. The Labute approximate surface area is 101 Å². The van der Waals surface area contributed by atoms with Crippen LogP contribution in [-0.2, 0) is 0 Å². The zero-order valence-electron chi connectivity index (χ0n) is 10.6. The highest BCUT2D eigenvalue weighted by Crippen LogP contribution is 2.48. The molecule has 1 aliphatic heterocycles. The van der Waals surface area contributed by atoms with Gasteiger partial charge in [0.1, 0.15) is 0 Å². The van der Waals surface area contributed by atoms with Crippen molar-refractivity contribution in [3.05, 3.63) is 12.1 Å². The molecule has 98 valence electrons. The normalized spacial score (nSPS) is 32.8. The fraction of sp³-hybridized carbons (Fsp3) is 0.833. The minimum atomic E-state index is -4.88. The number of halogens is 3. The number of fused-ring (bicyclic) bond motifs is 1. The second-order valence-corrected chi connectivity index (χ2v) is 6.23. The Hall–Kier alpha value is -0.445. The SMILES string of the molecule is C=C(CN1CC(C)(C)C2CCCC21)[B-](F)(F)F. The molecule has 2 unspecified atom stereocenters. The number of likely N-dealkylation sites (tertiary alicyclic amines) is 1. The highest BCUT2D eigenvalue weighted by Gasteiger charge is 2.49. The highest BCUT2D eigenvalue weighted by molar-refractivity contribution is 6.66. The quantitative estimate of drug-likeness (QED) is 0.689. The van der Waals surface area contributed by atoms with Gasteiger partial charge in [-0.05, 0) is 30.7 Å². The molecule has 0 radical (unpaired) electrons. The van der Waals surface area contributed by atoms with Gasteiger partial charge in [0.05, 0.1) is 0 Å². The van der Waals surface area contributed by atoms with Crippen LogP contribution >= 0.6 is 0 Å². The second kappa shape index (κ2) is 4.04. The van der Waals surface area contributed by atoms with Gasteiger partial charge in [-0.2, -0.15) is 0 Å². The van der Waals surface area contributed by atoms with E-state index in [1.807, 2.05) is 4.90 Å². The van der Waals surface area contributed by atoms with Gasteiger partial charge in [0.2, 0.25) is 0 Å². The first kappa shape index (κ1) is 13.0. The molecular weight excluding hydrogens is 226 g/mol. The lowest BCUT2D eigenvalue weighted by molar-refractivity contribution is 0.256. The van der Waals surface area contributed by atoms with Gasteiger partial charge in [0.15, 0.2) is 0 Å². The first-order valence-corrected chi connectivity index (χ1v) is 6.33. The van der Waals surface area contributed by atoms with Gasteiger partial charge in [-0.3, -0.25) is 4.90 Å². The van der Waals surface area contributed by atoms with Crippen LogP contribution in [-0.4, -0.2) is 31.0 Å². The Morgan fingerprint density at radius 1 is 1.35 bits per heavy atom. The van der Waals surface area contributed by atoms with Crippen molar-refractivity contribution in [2.24, 2.45) is 11.3 Å². The van der Waals surface area contributed by atoms with Gasteiger partial charge >= 0.3 is 6.98 Å². The summed E-state index contributed by atoms with van der Waals surface area (Å²) >= 11 is 0. The molecule has 1 nitrogen and oxygen atoms in total. The van der Waals surface area contributed by atoms with Gasteiger partial charge < -0.3 is 12.9 Å². The van der Waals surface area contributed by atoms with Crippen molar-refractivity contribution in [2.75, 3.05) is 13.1 Å². The third-order valence-electron chi connectivity index (χ3n) is 4.43. The van der Waals surface area contributed by atoms with E-state index in [0.29, 0.717) is 12.0 Å². The maximum atomic E-state index is 12.6. The fourth-order valence-electron chi connectivity index (χ4n) is 3.58. The predicted octanol–water partition coefficient (Wildman–Crippen LogP) is 3.44. The lowest BCUT2D eigenvalue weighted by Gasteiger charge is -2.28. The third-order valence-corrected chi connectivity index (χ3v) is 4.43. The van der Waals surface area contributed by atoms with E-state index < -0.39 is 12.4 Å². The van der Waals surface area contributed by atoms with E-state index in [1.54, 1.807) is 0 Å². The summed E-state index contributed by atoms with van der Waals surface area (Å²) in [5, 5.41) is 0. The molecule has 1 heterocycles. The minimum absolute atomic E-state index is 0.00803. The van der Waals surface area contributed by atoms with Crippen LogP contribution in [0.1, 0.15) is 33.1 Å². The molecule has 2 fully saturated rings. The van der Waals surface area contributed by atoms with Gasteiger partial charge in [0.25, 0.3) is 0 Å². The van der Waals surface area contributed by atoms with Crippen LogP contribution in [0.5, 0.6) is 0 Å². The minimum Gasteiger partial charge on any atom is -0.445 e. The van der Waals surface area contributed by atoms with E-state index in [9.17, 15) is 12.9 Å². The molecule has 0 aromatic carbocycles. The number of rotatable bonds is 3. The van der Waals surface area contributed by atoms with E-state index in [2.05, 4.69) is 20.4 Å². The average molecular weight is 246 g/mol. The molecule has 0 aromatic heterocycles. The summed E-state index contributed by atoms with van der Waals surface area (Å²) in [4.78, 5) is 2.01. The lowest BCUT2D eigenvalue weighted by atomic mass is 9.80. The van der Waals surface area contributed by atoms with Gasteiger partial charge in [0, 0.05) is 12.6 Å². The topological polar surface area (TPSA) is 3.24 Å². The number of hydrogen-bond acceptors (Lipinski definition) is 1. The molecule has 1 aliphatic carbocycles. The van der Waals surface area contributed by atoms with Crippen molar-refractivity contribution in [1.29, 1.82) is 0 Å². The number of nitrogens with zero attached hydrogens (tertiary/aromatic N) is 1. The maximum Gasteiger partial charge on any atom is 0.506 e. The molecule has 5 heteroatoms. The van der Waals surface area contributed by atoms with Crippen molar-refractivity contribution < 1.29 is 12.9 Å². The molecule has 0 spiro atoms. The highest BCUT2D eigenvalue weighted by atomic mass is 19.4. The zero-order valence-corrected chi connectivity index (χ0v) is 10.6. The van der Waals surface area contributed by atoms with Gasteiger partial charge in [-0.25, -0.2) is 0 Å². The van der Waals surface area contributed by atoms with E-state index in [-0.39, 0.29) is 12.0 Å². The molecule has 0 bridgehead atoms. The van der Waals surface area contributed by atoms with Gasteiger partial charge in [-0.1, -0.05) is 20.3 Å². The summed E-state index contributed by atoms with van der Waals surface area (Å²) in [5.41, 5.74) is -0.395. The summed E-state index contributed by atoms with van der Waals surface area (Å²) in [6.07, 6.45) is 3.36. The first-order valence-electron chi connectivity index (χ1n) is 6.33. The largest absolute Gasteiger partial charge is 0.506 e. The van der Waals surface area contributed by atoms with Crippen LogP contribution in [0.25, 0.3) is 0 Å². The predicted molar refractivity (Wildman–Crippen MR) is 64.7 cm³/mol. The Morgan fingerprint density at radius 3 is 2.59 bits per heavy atom. The Kier molecular flexibility index (Phi) is 3.09. The molecule has 17 heavy (non-hydrogen) atoms. The Morgan fingerprint density at radius 2 is 2.00 bits per heavy atom. The van der Waals surface area contributed by atoms with E-state index in [1.165, 1.54) is 0 Å². The smallest absolute Gasteiger partial charge is 0.445 e. The summed E-state index contributed by atoms with van der Waals surface area (Å²) in [5.74, 6) is 0.566. The molecule has 0 N–H and O–H groups in total. The standard InChI is InChI=1S/C12H20BF3N/c1-9(13(14,15)16)7-17-8-12(2,3)10-5-4-6-11(10)17/h10-11H,1,4-8H2,2-3H3/q-1. The molecule has 2 atom stereocenters. The van der Waals surface area contributed by atoms with E-state index >= 15 is 0 Å². The third kappa shape index (κ3) is 2.39. The number of hydrogen-bond donors (Lipinski definition) is 0. The van der Waals surface area contributed by atoms with Crippen molar-refractivity contribution in [3.63, 3.8) is 0 Å². The fourth-order valence-corrected chi connectivity index (χ4v) is 3.58. The average Bonchev–Trinajstić information content (AvgIpc) is 2.69.